The van der Waals surface area contributed by atoms with Crippen molar-refractivity contribution in [1.82, 2.24) is 0 Å². The van der Waals surface area contributed by atoms with E-state index in [0.717, 1.165) is 4.47 Å². The molecule has 0 saturated heterocycles. The fourth-order valence-corrected chi connectivity index (χ4v) is 1.68. The second-order valence-corrected chi connectivity index (χ2v) is 3.80. The van der Waals surface area contributed by atoms with Crippen LogP contribution >= 0.6 is 39.9 Å². The maximum Gasteiger partial charge on any atom is 0.325 e. The van der Waals surface area contributed by atoms with Crippen molar-refractivity contribution in [1.29, 1.82) is 0 Å². The molecule has 0 heterocycles. The minimum Gasteiger partial charge on any atom is -0.480 e. The Bertz CT molecular complexity index is 346. The van der Waals surface area contributed by atoms with Gasteiger partial charge >= 0.3 is 5.97 Å². The number of halogens is 3. The van der Waals surface area contributed by atoms with E-state index < -0.39 is 12.0 Å². The van der Waals surface area contributed by atoms with Crippen LogP contribution in [0, 0.1) is 0 Å². The number of carboxylic acids is 1. The van der Waals surface area contributed by atoms with E-state index in [1.165, 1.54) is 0 Å². The van der Waals surface area contributed by atoms with Crippen molar-refractivity contribution in [3.05, 3.63) is 33.3 Å². The van der Waals surface area contributed by atoms with Crippen molar-refractivity contribution < 1.29 is 9.90 Å². The molecule has 0 amide bonds. The number of aliphatic carboxylic acids is 1. The highest BCUT2D eigenvalue weighted by molar-refractivity contribution is 9.10. The van der Waals surface area contributed by atoms with Crippen molar-refractivity contribution in [3.63, 3.8) is 0 Å². The van der Waals surface area contributed by atoms with Gasteiger partial charge in [-0.25, -0.2) is 0 Å². The molecule has 1 atom stereocenters. The molecule has 1 aromatic rings. The maximum absolute atomic E-state index is 10.5. The second kappa shape index (κ2) is 5.56. The molecule has 14 heavy (non-hydrogen) atoms. The second-order valence-electron chi connectivity index (χ2n) is 2.48. The molecule has 1 rings (SSSR count). The molecule has 0 fully saturated rings. The maximum atomic E-state index is 10.5. The van der Waals surface area contributed by atoms with Gasteiger partial charge in [-0.3, -0.25) is 4.79 Å². The lowest BCUT2D eigenvalue weighted by molar-refractivity contribution is -0.138. The van der Waals surface area contributed by atoms with Crippen LogP contribution in [-0.2, 0) is 4.79 Å². The average Bonchev–Trinajstić information content (AvgIpc) is 2.03. The Labute approximate surface area is 101 Å². The zero-order chi connectivity index (χ0) is 10.0. The fourth-order valence-electron chi connectivity index (χ4n) is 0.887. The van der Waals surface area contributed by atoms with Crippen LogP contribution in [0.25, 0.3) is 0 Å². The topological polar surface area (TPSA) is 63.3 Å². The van der Waals surface area contributed by atoms with Gasteiger partial charge in [0.1, 0.15) is 6.04 Å². The highest BCUT2D eigenvalue weighted by Gasteiger charge is 2.16. The third kappa shape index (κ3) is 3.13. The van der Waals surface area contributed by atoms with Gasteiger partial charge in [-0.05, 0) is 17.7 Å². The smallest absolute Gasteiger partial charge is 0.325 e. The molecule has 1 aromatic carbocycles. The summed E-state index contributed by atoms with van der Waals surface area (Å²) < 4.78 is 0.791. The Morgan fingerprint density at radius 2 is 2.14 bits per heavy atom. The summed E-state index contributed by atoms with van der Waals surface area (Å²) in [5.74, 6) is -1.09. The highest BCUT2D eigenvalue weighted by atomic mass is 79.9. The molecule has 0 aliphatic rings. The standard InChI is InChI=1S/C8H7BrClNO2.ClH/c9-4-1-2-5(6(10)3-4)7(11)8(12)13;/h1-3,7H,11H2,(H,12,13);1H/t7-;/m1./s1. The van der Waals surface area contributed by atoms with Gasteiger partial charge in [-0.15, -0.1) is 12.4 Å². The SMILES string of the molecule is Cl.N[C@@H](C(=O)O)c1ccc(Br)cc1Cl. The Hall–Kier alpha value is -0.290. The largest absolute Gasteiger partial charge is 0.480 e. The molecule has 0 aliphatic heterocycles. The summed E-state index contributed by atoms with van der Waals surface area (Å²) in [7, 11) is 0. The van der Waals surface area contributed by atoms with E-state index in [1.54, 1.807) is 18.2 Å². The van der Waals surface area contributed by atoms with E-state index in [2.05, 4.69) is 15.9 Å². The summed E-state index contributed by atoms with van der Waals surface area (Å²) in [4.78, 5) is 10.5. The van der Waals surface area contributed by atoms with Crippen LogP contribution in [-0.4, -0.2) is 11.1 Å². The minimum absolute atomic E-state index is 0. The summed E-state index contributed by atoms with van der Waals surface area (Å²) in [6, 6.07) is 3.83. The van der Waals surface area contributed by atoms with Gasteiger partial charge in [0.05, 0.1) is 0 Å². The number of nitrogens with two attached hydrogens (primary N) is 1. The molecule has 0 aliphatic carbocycles. The van der Waals surface area contributed by atoms with Gasteiger partial charge in [-0.1, -0.05) is 33.6 Å². The van der Waals surface area contributed by atoms with Crippen molar-refractivity contribution in [2.24, 2.45) is 5.73 Å². The van der Waals surface area contributed by atoms with Gasteiger partial charge in [0.2, 0.25) is 0 Å². The molecule has 0 aromatic heterocycles. The molecule has 0 bridgehead atoms. The van der Waals surface area contributed by atoms with E-state index >= 15 is 0 Å². The first kappa shape index (κ1) is 13.7. The lowest BCUT2D eigenvalue weighted by Gasteiger charge is -2.08. The predicted octanol–water partition coefficient (Wildman–Crippen LogP) is 2.61. The number of hydrogen-bond donors (Lipinski definition) is 2. The van der Waals surface area contributed by atoms with Crippen LogP contribution in [0.3, 0.4) is 0 Å². The van der Waals surface area contributed by atoms with Crippen molar-refractivity contribution in [3.8, 4) is 0 Å². The lowest BCUT2D eigenvalue weighted by atomic mass is 10.1. The average molecular weight is 301 g/mol. The van der Waals surface area contributed by atoms with E-state index in [4.69, 9.17) is 22.4 Å². The van der Waals surface area contributed by atoms with Crippen LogP contribution in [0.1, 0.15) is 11.6 Å². The molecule has 0 spiro atoms. The number of carbonyl (C=O) groups is 1. The molecule has 3 N–H and O–H groups in total. The van der Waals surface area contributed by atoms with Gasteiger partial charge in [0.15, 0.2) is 0 Å². The van der Waals surface area contributed by atoms with Crippen LogP contribution in [0.4, 0.5) is 0 Å². The quantitative estimate of drug-likeness (QED) is 0.882. The van der Waals surface area contributed by atoms with E-state index in [-0.39, 0.29) is 12.4 Å². The molecule has 0 saturated carbocycles. The summed E-state index contributed by atoms with van der Waals surface area (Å²) in [6.07, 6.45) is 0. The molecular formula is C8H8BrCl2NO2. The van der Waals surface area contributed by atoms with E-state index in [9.17, 15) is 4.79 Å². The summed E-state index contributed by atoms with van der Waals surface area (Å²) in [5.41, 5.74) is 5.80. The third-order valence-corrected chi connectivity index (χ3v) is 2.38. The Balaban J connectivity index is 0.00000169. The van der Waals surface area contributed by atoms with Crippen LogP contribution in [0.15, 0.2) is 22.7 Å². The van der Waals surface area contributed by atoms with Crippen LogP contribution < -0.4 is 5.73 Å². The lowest BCUT2D eigenvalue weighted by Crippen LogP contribution is -2.20. The predicted molar refractivity (Wildman–Crippen MR) is 61.0 cm³/mol. The number of rotatable bonds is 2. The molecule has 0 unspecified atom stereocenters. The molecule has 6 heteroatoms. The van der Waals surface area contributed by atoms with Crippen LogP contribution in [0.5, 0.6) is 0 Å². The zero-order valence-corrected chi connectivity index (χ0v) is 10.1. The van der Waals surface area contributed by atoms with Gasteiger partial charge in [0, 0.05) is 9.50 Å². The monoisotopic (exact) mass is 299 g/mol. The minimum atomic E-state index is -1.09. The summed E-state index contributed by atoms with van der Waals surface area (Å²) in [5, 5.41) is 8.98. The molecular weight excluding hydrogens is 293 g/mol. The molecule has 0 radical (unpaired) electrons. The van der Waals surface area contributed by atoms with Gasteiger partial charge in [-0.2, -0.15) is 0 Å². The number of carboxylic acid groups (broad SMARTS) is 1. The van der Waals surface area contributed by atoms with E-state index in [0.29, 0.717) is 10.6 Å². The Morgan fingerprint density at radius 1 is 1.57 bits per heavy atom. The number of benzene rings is 1. The molecule has 78 valence electrons. The summed E-state index contributed by atoms with van der Waals surface area (Å²) in [6.45, 7) is 0. The Morgan fingerprint density at radius 3 is 2.57 bits per heavy atom. The van der Waals surface area contributed by atoms with Crippen molar-refractivity contribution >= 4 is 45.9 Å². The van der Waals surface area contributed by atoms with Crippen LogP contribution in [0.2, 0.25) is 5.02 Å². The molecule has 3 nitrogen and oxygen atoms in total. The Kier molecular flexibility index (Phi) is 5.44. The summed E-state index contributed by atoms with van der Waals surface area (Å²) >= 11 is 9.00. The fraction of sp³-hybridized carbons (Fsp3) is 0.125. The normalized spacial score (nSPS) is 11.6. The van der Waals surface area contributed by atoms with E-state index in [1.807, 2.05) is 0 Å². The van der Waals surface area contributed by atoms with Crippen molar-refractivity contribution in [2.45, 2.75) is 6.04 Å². The highest BCUT2D eigenvalue weighted by Crippen LogP contribution is 2.25. The third-order valence-electron chi connectivity index (χ3n) is 1.56. The van der Waals surface area contributed by atoms with Crippen molar-refractivity contribution in [2.75, 3.05) is 0 Å². The number of hydrogen-bond acceptors (Lipinski definition) is 2. The first-order chi connectivity index (χ1) is 6.02. The van der Waals surface area contributed by atoms with Gasteiger partial charge < -0.3 is 10.8 Å². The first-order valence-electron chi connectivity index (χ1n) is 3.45. The first-order valence-corrected chi connectivity index (χ1v) is 4.63. The zero-order valence-electron chi connectivity index (χ0n) is 6.91. The van der Waals surface area contributed by atoms with Gasteiger partial charge in [0.25, 0.3) is 0 Å².